The summed E-state index contributed by atoms with van der Waals surface area (Å²) in [5, 5.41) is 13.1. The molecule has 0 saturated heterocycles. The second kappa shape index (κ2) is 6.59. The highest BCUT2D eigenvalue weighted by Crippen LogP contribution is 2.16. The first kappa shape index (κ1) is 14.6. The molecule has 106 valence electrons. The van der Waals surface area contributed by atoms with Crippen molar-refractivity contribution in [3.8, 4) is 0 Å². The predicted molar refractivity (Wildman–Crippen MR) is 74.2 cm³/mol. The number of hydrogen-bond acceptors (Lipinski definition) is 2. The van der Waals surface area contributed by atoms with Gasteiger partial charge in [-0.1, -0.05) is 24.3 Å². The summed E-state index contributed by atoms with van der Waals surface area (Å²) in [6.07, 6.45) is -0.644. The molecule has 20 heavy (non-hydrogen) atoms. The maximum Gasteiger partial charge on any atom is 0.126 e. The Balaban J connectivity index is 1.91. The molecule has 0 aliphatic rings. The van der Waals surface area contributed by atoms with E-state index in [0.29, 0.717) is 18.7 Å². The quantitative estimate of drug-likeness (QED) is 0.880. The lowest BCUT2D eigenvalue weighted by molar-refractivity contribution is 0.173. The second-order valence-electron chi connectivity index (χ2n) is 4.78. The van der Waals surface area contributed by atoms with Gasteiger partial charge in [-0.25, -0.2) is 8.78 Å². The molecule has 0 aliphatic heterocycles. The number of aryl methyl sites for hydroxylation is 1. The largest absolute Gasteiger partial charge is 0.387 e. The Labute approximate surface area is 117 Å². The van der Waals surface area contributed by atoms with Crippen LogP contribution in [0.4, 0.5) is 8.78 Å². The molecular weight excluding hydrogens is 260 g/mol. The summed E-state index contributed by atoms with van der Waals surface area (Å²) in [5.74, 6) is -1.19. The highest BCUT2D eigenvalue weighted by atomic mass is 19.1. The third kappa shape index (κ3) is 3.85. The van der Waals surface area contributed by atoms with Crippen LogP contribution in [0.3, 0.4) is 0 Å². The number of hydrogen-bond donors (Lipinski definition) is 2. The van der Waals surface area contributed by atoms with Crippen molar-refractivity contribution in [2.75, 3.05) is 6.54 Å². The summed E-state index contributed by atoms with van der Waals surface area (Å²) in [4.78, 5) is 0. The summed E-state index contributed by atoms with van der Waals surface area (Å²) in [6, 6.07) is 11.0. The van der Waals surface area contributed by atoms with Crippen LogP contribution in [0.15, 0.2) is 42.5 Å². The zero-order chi connectivity index (χ0) is 14.5. The summed E-state index contributed by atoms with van der Waals surface area (Å²) < 4.78 is 26.0. The Morgan fingerprint density at radius 2 is 1.75 bits per heavy atom. The van der Waals surface area contributed by atoms with Gasteiger partial charge < -0.3 is 10.4 Å². The third-order valence-electron chi connectivity index (χ3n) is 3.14. The molecule has 2 aromatic carbocycles. The smallest absolute Gasteiger partial charge is 0.126 e. The lowest BCUT2D eigenvalue weighted by Gasteiger charge is -2.14. The first-order valence-electron chi connectivity index (χ1n) is 6.45. The van der Waals surface area contributed by atoms with Gasteiger partial charge >= 0.3 is 0 Å². The monoisotopic (exact) mass is 277 g/mol. The lowest BCUT2D eigenvalue weighted by atomic mass is 10.0. The zero-order valence-electron chi connectivity index (χ0n) is 11.2. The van der Waals surface area contributed by atoms with Crippen molar-refractivity contribution in [1.29, 1.82) is 0 Å². The van der Waals surface area contributed by atoms with Gasteiger partial charge in [0.05, 0.1) is 6.10 Å². The number of halogens is 2. The maximum atomic E-state index is 13.0. The van der Waals surface area contributed by atoms with Crippen molar-refractivity contribution in [1.82, 2.24) is 5.32 Å². The number of benzene rings is 2. The summed E-state index contributed by atoms with van der Waals surface area (Å²) >= 11 is 0. The molecule has 2 nitrogen and oxygen atoms in total. The van der Waals surface area contributed by atoms with E-state index in [4.69, 9.17) is 0 Å². The van der Waals surface area contributed by atoms with Crippen LogP contribution in [0.1, 0.15) is 22.8 Å². The van der Waals surface area contributed by atoms with E-state index in [1.54, 1.807) is 0 Å². The van der Waals surface area contributed by atoms with E-state index < -0.39 is 17.7 Å². The molecule has 2 rings (SSSR count). The highest BCUT2D eigenvalue weighted by Gasteiger charge is 2.09. The van der Waals surface area contributed by atoms with Crippen LogP contribution in [0.2, 0.25) is 0 Å². The standard InChI is InChI=1S/C16H17F2NO/c1-11-4-2-3-5-15(11)16(20)10-19-9-12-6-13(17)8-14(18)7-12/h2-8,16,19-20H,9-10H2,1H3. The lowest BCUT2D eigenvalue weighted by Crippen LogP contribution is -2.21. The third-order valence-corrected chi connectivity index (χ3v) is 3.14. The molecule has 0 aliphatic carbocycles. The van der Waals surface area contributed by atoms with Gasteiger partial charge in [0.15, 0.2) is 0 Å². The molecule has 1 unspecified atom stereocenters. The molecule has 1 atom stereocenters. The minimum absolute atomic E-state index is 0.303. The minimum Gasteiger partial charge on any atom is -0.387 e. The van der Waals surface area contributed by atoms with E-state index in [-0.39, 0.29) is 0 Å². The van der Waals surface area contributed by atoms with E-state index in [0.717, 1.165) is 17.2 Å². The molecule has 0 saturated carbocycles. The van der Waals surface area contributed by atoms with Crippen LogP contribution < -0.4 is 5.32 Å². The number of nitrogens with one attached hydrogen (secondary N) is 1. The van der Waals surface area contributed by atoms with Gasteiger partial charge in [0.25, 0.3) is 0 Å². The second-order valence-corrected chi connectivity index (χ2v) is 4.78. The Kier molecular flexibility index (Phi) is 4.82. The van der Waals surface area contributed by atoms with Gasteiger partial charge in [-0.15, -0.1) is 0 Å². The van der Waals surface area contributed by atoms with E-state index in [1.165, 1.54) is 12.1 Å². The fourth-order valence-electron chi connectivity index (χ4n) is 2.14. The van der Waals surface area contributed by atoms with Crippen LogP contribution in [-0.4, -0.2) is 11.7 Å². The van der Waals surface area contributed by atoms with Crippen molar-refractivity contribution < 1.29 is 13.9 Å². The number of aliphatic hydroxyl groups is 1. The molecule has 2 N–H and O–H groups in total. The van der Waals surface area contributed by atoms with Gasteiger partial charge in [-0.05, 0) is 35.7 Å². The van der Waals surface area contributed by atoms with Crippen LogP contribution in [0, 0.1) is 18.6 Å². The van der Waals surface area contributed by atoms with Crippen molar-refractivity contribution in [2.24, 2.45) is 0 Å². The number of aliphatic hydroxyl groups excluding tert-OH is 1. The summed E-state index contributed by atoms with van der Waals surface area (Å²) in [6.45, 7) is 2.56. The molecule has 0 heterocycles. The summed E-state index contributed by atoms with van der Waals surface area (Å²) in [7, 11) is 0. The normalized spacial score (nSPS) is 12.4. The van der Waals surface area contributed by atoms with Gasteiger partial charge in [0.1, 0.15) is 11.6 Å². The first-order chi connectivity index (χ1) is 9.56. The topological polar surface area (TPSA) is 32.3 Å². The van der Waals surface area contributed by atoms with E-state index >= 15 is 0 Å². The molecule has 0 fully saturated rings. The fraction of sp³-hybridized carbons (Fsp3) is 0.250. The molecule has 2 aromatic rings. The average molecular weight is 277 g/mol. The van der Waals surface area contributed by atoms with E-state index in [2.05, 4.69) is 5.32 Å². The average Bonchev–Trinajstić information content (AvgIpc) is 2.38. The SMILES string of the molecule is Cc1ccccc1C(O)CNCc1cc(F)cc(F)c1. The first-order valence-corrected chi connectivity index (χ1v) is 6.45. The Morgan fingerprint density at radius 3 is 2.40 bits per heavy atom. The zero-order valence-corrected chi connectivity index (χ0v) is 11.2. The number of rotatable bonds is 5. The van der Waals surface area contributed by atoms with E-state index in [9.17, 15) is 13.9 Å². The minimum atomic E-state index is -0.644. The van der Waals surface area contributed by atoms with Gasteiger partial charge in [0, 0.05) is 19.2 Å². The Hall–Kier alpha value is -1.78. The van der Waals surface area contributed by atoms with Gasteiger partial charge in [-0.3, -0.25) is 0 Å². The molecule has 4 heteroatoms. The molecule has 0 spiro atoms. The molecule has 0 radical (unpaired) electrons. The van der Waals surface area contributed by atoms with Crippen molar-refractivity contribution in [2.45, 2.75) is 19.6 Å². The van der Waals surface area contributed by atoms with Crippen LogP contribution >= 0.6 is 0 Å². The van der Waals surface area contributed by atoms with Crippen molar-refractivity contribution >= 4 is 0 Å². The van der Waals surface area contributed by atoms with Crippen molar-refractivity contribution in [3.05, 3.63) is 70.8 Å². The Morgan fingerprint density at radius 1 is 1.10 bits per heavy atom. The van der Waals surface area contributed by atoms with E-state index in [1.807, 2.05) is 31.2 Å². The molecule has 0 bridgehead atoms. The fourth-order valence-corrected chi connectivity index (χ4v) is 2.14. The van der Waals surface area contributed by atoms with Gasteiger partial charge in [-0.2, -0.15) is 0 Å². The van der Waals surface area contributed by atoms with Crippen LogP contribution in [-0.2, 0) is 6.54 Å². The predicted octanol–water partition coefficient (Wildman–Crippen LogP) is 3.10. The molecule has 0 aromatic heterocycles. The van der Waals surface area contributed by atoms with Gasteiger partial charge in [0.2, 0.25) is 0 Å². The highest BCUT2D eigenvalue weighted by molar-refractivity contribution is 5.27. The summed E-state index contributed by atoms with van der Waals surface area (Å²) in [5.41, 5.74) is 2.38. The molecular formula is C16H17F2NO. The maximum absolute atomic E-state index is 13.0. The molecule has 0 amide bonds. The van der Waals surface area contributed by atoms with Crippen LogP contribution in [0.25, 0.3) is 0 Å². The van der Waals surface area contributed by atoms with Crippen LogP contribution in [0.5, 0.6) is 0 Å². The van der Waals surface area contributed by atoms with Crippen molar-refractivity contribution in [3.63, 3.8) is 0 Å². The Bertz CT molecular complexity index is 566.